The Balaban J connectivity index is 1.80. The van der Waals surface area contributed by atoms with Gasteiger partial charge in [0, 0.05) is 17.8 Å². The van der Waals surface area contributed by atoms with Crippen LogP contribution in [0, 0.1) is 6.92 Å². The van der Waals surface area contributed by atoms with Crippen molar-refractivity contribution < 1.29 is 14.3 Å². The number of benzene rings is 2. The second kappa shape index (κ2) is 11.0. The number of rotatable bonds is 8. The third kappa shape index (κ3) is 7.75. The average Bonchev–Trinajstić information content (AvgIpc) is 2.66. The Morgan fingerprint density at radius 2 is 1.68 bits per heavy atom. The molecule has 28 heavy (non-hydrogen) atoms. The van der Waals surface area contributed by atoms with Gasteiger partial charge in [0.1, 0.15) is 5.75 Å². The lowest BCUT2D eigenvalue weighted by Crippen LogP contribution is -2.37. The summed E-state index contributed by atoms with van der Waals surface area (Å²) in [7, 11) is 0. The van der Waals surface area contributed by atoms with Crippen molar-refractivity contribution in [2.24, 2.45) is 0 Å². The summed E-state index contributed by atoms with van der Waals surface area (Å²) in [6.07, 6.45) is 2.31. The first-order chi connectivity index (χ1) is 13.5. The lowest BCUT2D eigenvalue weighted by molar-refractivity contribution is -0.121. The third-order valence-electron chi connectivity index (χ3n) is 3.81. The van der Waals surface area contributed by atoms with Crippen molar-refractivity contribution in [3.05, 3.63) is 54.1 Å². The van der Waals surface area contributed by atoms with Gasteiger partial charge >= 0.3 is 0 Å². The molecule has 148 valence electrons. The Bertz CT molecular complexity index is 822. The van der Waals surface area contributed by atoms with E-state index >= 15 is 0 Å². The molecule has 0 saturated heterocycles. The van der Waals surface area contributed by atoms with Crippen LogP contribution in [-0.2, 0) is 9.59 Å². The van der Waals surface area contributed by atoms with Crippen molar-refractivity contribution >= 4 is 40.5 Å². The van der Waals surface area contributed by atoms with Crippen LogP contribution in [0.15, 0.2) is 48.5 Å². The molecule has 0 aromatic heterocycles. The molecule has 0 saturated carbocycles. The van der Waals surface area contributed by atoms with Crippen molar-refractivity contribution in [3.63, 3.8) is 0 Å². The number of anilines is 2. The highest BCUT2D eigenvalue weighted by molar-refractivity contribution is 7.80. The van der Waals surface area contributed by atoms with E-state index in [1.807, 2.05) is 26.0 Å². The summed E-state index contributed by atoms with van der Waals surface area (Å²) < 4.78 is 5.42. The van der Waals surface area contributed by atoms with Crippen LogP contribution in [0.25, 0.3) is 0 Å². The van der Waals surface area contributed by atoms with E-state index in [2.05, 4.69) is 16.0 Å². The fraction of sp³-hybridized carbons (Fsp3) is 0.286. The van der Waals surface area contributed by atoms with Gasteiger partial charge in [-0.15, -0.1) is 0 Å². The maximum atomic E-state index is 12.0. The number of carbonyl (C=O) groups is 2. The molecule has 0 spiro atoms. The lowest BCUT2D eigenvalue weighted by atomic mass is 10.2. The summed E-state index contributed by atoms with van der Waals surface area (Å²) in [6.45, 7) is 3.88. The van der Waals surface area contributed by atoms with E-state index in [0.717, 1.165) is 18.4 Å². The molecular formula is C21H25N3O3S. The molecule has 0 atom stereocenters. The predicted molar refractivity (Wildman–Crippen MR) is 116 cm³/mol. The van der Waals surface area contributed by atoms with Gasteiger partial charge in [-0.2, -0.15) is 0 Å². The number of aryl methyl sites for hydroxylation is 1. The summed E-state index contributed by atoms with van der Waals surface area (Å²) in [5.41, 5.74) is 2.45. The number of amides is 2. The van der Waals surface area contributed by atoms with Crippen LogP contribution in [0.3, 0.4) is 0 Å². The van der Waals surface area contributed by atoms with Gasteiger partial charge < -0.3 is 15.4 Å². The second-order valence-electron chi connectivity index (χ2n) is 6.34. The van der Waals surface area contributed by atoms with Crippen LogP contribution in [0.5, 0.6) is 5.75 Å². The predicted octanol–water partition coefficient (Wildman–Crippen LogP) is 4.02. The Hall–Kier alpha value is -2.93. The van der Waals surface area contributed by atoms with Gasteiger partial charge in [0.05, 0.1) is 0 Å². The molecule has 0 aliphatic carbocycles. The molecule has 6 nitrogen and oxygen atoms in total. The van der Waals surface area contributed by atoms with E-state index in [-0.39, 0.29) is 23.5 Å². The zero-order valence-corrected chi connectivity index (χ0v) is 16.9. The number of carbonyl (C=O) groups excluding carboxylic acids is 2. The van der Waals surface area contributed by atoms with Gasteiger partial charge in [-0.05, 0) is 55.9 Å². The van der Waals surface area contributed by atoms with Crippen LogP contribution < -0.4 is 20.7 Å². The van der Waals surface area contributed by atoms with E-state index < -0.39 is 0 Å². The fourth-order valence-electron chi connectivity index (χ4n) is 2.34. The van der Waals surface area contributed by atoms with Crippen LogP contribution in [0.2, 0.25) is 0 Å². The van der Waals surface area contributed by atoms with E-state index in [9.17, 15) is 9.59 Å². The van der Waals surface area contributed by atoms with Crippen LogP contribution in [0.1, 0.15) is 31.7 Å². The normalized spacial score (nSPS) is 10.1. The number of unbranched alkanes of at least 4 members (excludes halogenated alkanes) is 1. The monoisotopic (exact) mass is 399 g/mol. The molecule has 0 heterocycles. The van der Waals surface area contributed by atoms with E-state index in [4.69, 9.17) is 17.0 Å². The minimum absolute atomic E-state index is 0.0249. The van der Waals surface area contributed by atoms with Crippen molar-refractivity contribution in [3.8, 4) is 5.75 Å². The van der Waals surface area contributed by atoms with Gasteiger partial charge in [-0.3, -0.25) is 14.9 Å². The van der Waals surface area contributed by atoms with Gasteiger partial charge in [0.25, 0.3) is 5.91 Å². The summed E-state index contributed by atoms with van der Waals surface area (Å²) in [6, 6.07) is 14.6. The summed E-state index contributed by atoms with van der Waals surface area (Å²) >= 11 is 5.16. The number of thiocarbonyl (C=S) groups is 1. The van der Waals surface area contributed by atoms with E-state index in [1.54, 1.807) is 36.4 Å². The number of ether oxygens (including phenoxy) is 1. The van der Waals surface area contributed by atoms with Gasteiger partial charge in [0.15, 0.2) is 11.7 Å². The van der Waals surface area contributed by atoms with Crippen molar-refractivity contribution in [2.75, 3.05) is 17.2 Å². The highest BCUT2D eigenvalue weighted by Gasteiger charge is 2.07. The first-order valence-electron chi connectivity index (χ1n) is 9.16. The van der Waals surface area contributed by atoms with Gasteiger partial charge in [-0.1, -0.05) is 37.1 Å². The number of hydrogen-bond donors (Lipinski definition) is 3. The SMILES string of the molecule is CCCCC(=O)Nc1cccc(NC(=S)NC(=O)COc2ccc(C)cc2)c1. The molecule has 0 fully saturated rings. The highest BCUT2D eigenvalue weighted by Crippen LogP contribution is 2.16. The summed E-state index contributed by atoms with van der Waals surface area (Å²) in [4.78, 5) is 23.8. The van der Waals surface area contributed by atoms with Crippen LogP contribution >= 0.6 is 12.2 Å². The van der Waals surface area contributed by atoms with Crippen molar-refractivity contribution in [1.29, 1.82) is 0 Å². The van der Waals surface area contributed by atoms with E-state index in [0.29, 0.717) is 23.5 Å². The highest BCUT2D eigenvalue weighted by atomic mass is 32.1. The topological polar surface area (TPSA) is 79.5 Å². The first kappa shape index (κ1) is 21.4. The zero-order valence-electron chi connectivity index (χ0n) is 16.1. The minimum Gasteiger partial charge on any atom is -0.484 e. The largest absolute Gasteiger partial charge is 0.484 e. The van der Waals surface area contributed by atoms with E-state index in [1.165, 1.54) is 0 Å². The van der Waals surface area contributed by atoms with Gasteiger partial charge in [0.2, 0.25) is 5.91 Å². The molecule has 0 aliphatic heterocycles. The molecule has 0 unspecified atom stereocenters. The molecule has 2 amide bonds. The number of nitrogens with one attached hydrogen (secondary N) is 3. The summed E-state index contributed by atoms with van der Waals surface area (Å²) in [5.74, 6) is 0.233. The molecule has 2 rings (SSSR count). The third-order valence-corrected chi connectivity index (χ3v) is 4.01. The standard InChI is InChI=1S/C21H25N3O3S/c1-3-4-8-19(25)22-16-6-5-7-17(13-16)23-21(28)24-20(26)14-27-18-11-9-15(2)10-12-18/h5-7,9-13H,3-4,8,14H2,1-2H3,(H,22,25)(H2,23,24,26,28). The summed E-state index contributed by atoms with van der Waals surface area (Å²) in [5, 5.41) is 8.50. The van der Waals surface area contributed by atoms with Crippen molar-refractivity contribution in [2.45, 2.75) is 33.1 Å². The minimum atomic E-state index is -0.359. The molecular weight excluding hydrogens is 374 g/mol. The van der Waals surface area contributed by atoms with Crippen LogP contribution in [-0.4, -0.2) is 23.5 Å². The maximum absolute atomic E-state index is 12.0. The molecule has 7 heteroatoms. The molecule has 3 N–H and O–H groups in total. The fourth-order valence-corrected chi connectivity index (χ4v) is 2.58. The second-order valence-corrected chi connectivity index (χ2v) is 6.74. The molecule has 0 bridgehead atoms. The quantitative estimate of drug-likeness (QED) is 0.585. The Kier molecular flexibility index (Phi) is 8.42. The first-order valence-corrected chi connectivity index (χ1v) is 9.57. The Labute approximate surface area is 170 Å². The van der Waals surface area contributed by atoms with Gasteiger partial charge in [-0.25, -0.2) is 0 Å². The Morgan fingerprint density at radius 1 is 1.00 bits per heavy atom. The zero-order chi connectivity index (χ0) is 20.4. The van der Waals surface area contributed by atoms with Crippen LogP contribution in [0.4, 0.5) is 11.4 Å². The Morgan fingerprint density at radius 3 is 2.36 bits per heavy atom. The molecule has 0 aliphatic rings. The lowest BCUT2D eigenvalue weighted by Gasteiger charge is -2.12. The maximum Gasteiger partial charge on any atom is 0.264 e. The molecule has 2 aromatic rings. The van der Waals surface area contributed by atoms with Crippen molar-refractivity contribution in [1.82, 2.24) is 5.32 Å². The molecule has 0 radical (unpaired) electrons. The average molecular weight is 400 g/mol. The molecule has 2 aromatic carbocycles. The number of hydrogen-bond acceptors (Lipinski definition) is 4. The smallest absolute Gasteiger partial charge is 0.264 e.